The van der Waals surface area contributed by atoms with E-state index in [-0.39, 0.29) is 17.6 Å². The fraction of sp³-hybridized carbons (Fsp3) is 0.387. The van der Waals surface area contributed by atoms with Gasteiger partial charge in [-0.1, -0.05) is 43.0 Å². The molecule has 0 atom stereocenters. The van der Waals surface area contributed by atoms with Gasteiger partial charge in [0.15, 0.2) is 0 Å². The predicted molar refractivity (Wildman–Crippen MR) is 165 cm³/mol. The van der Waals surface area contributed by atoms with Crippen molar-refractivity contribution in [3.63, 3.8) is 0 Å². The van der Waals surface area contributed by atoms with Crippen molar-refractivity contribution < 1.29 is 13.9 Å². The number of amidine groups is 1. The van der Waals surface area contributed by atoms with Gasteiger partial charge in [0.2, 0.25) is 0 Å². The average Bonchev–Trinajstić information content (AvgIpc) is 3.40. The molecule has 10 heteroatoms. The van der Waals surface area contributed by atoms with E-state index in [1.54, 1.807) is 17.8 Å². The number of hydrogen-bond donors (Lipinski definition) is 3. The topological polar surface area (TPSA) is 110 Å². The van der Waals surface area contributed by atoms with E-state index in [9.17, 15) is 4.39 Å². The summed E-state index contributed by atoms with van der Waals surface area (Å²) in [6, 6.07) is 6.29. The number of nitrogens with zero attached hydrogens (tertiary/aromatic N) is 3. The van der Waals surface area contributed by atoms with Crippen molar-refractivity contribution >= 4 is 46.1 Å². The summed E-state index contributed by atoms with van der Waals surface area (Å²) < 4.78 is 26.2. The molecule has 2 heterocycles. The molecule has 218 valence electrons. The maximum absolute atomic E-state index is 13.9. The minimum atomic E-state index is -0.444. The molecule has 1 aliphatic carbocycles. The highest BCUT2D eigenvalue weighted by molar-refractivity contribution is 6.33. The number of halogens is 2. The van der Waals surface area contributed by atoms with Crippen LogP contribution < -0.4 is 11.1 Å². The van der Waals surface area contributed by atoms with E-state index < -0.39 is 5.82 Å². The van der Waals surface area contributed by atoms with Crippen LogP contribution in [0.15, 0.2) is 59.4 Å². The molecule has 0 saturated heterocycles. The number of rotatable bonds is 13. The Bertz CT molecular complexity index is 1440. The zero-order chi connectivity index (χ0) is 29.2. The monoisotopic (exact) mass is 580 g/mol. The summed E-state index contributed by atoms with van der Waals surface area (Å²) in [7, 11) is 1.65. The maximum Gasteiger partial charge on any atom is 0.135 e. The molecule has 0 bridgehead atoms. The highest BCUT2D eigenvalue weighted by atomic mass is 35.5. The van der Waals surface area contributed by atoms with E-state index >= 15 is 0 Å². The number of allylic oxidation sites excluding steroid dienone is 3. The Morgan fingerprint density at radius 1 is 1.24 bits per heavy atom. The lowest BCUT2D eigenvalue weighted by atomic mass is 9.95. The molecule has 0 radical (unpaired) electrons. The molecule has 1 saturated carbocycles. The standard InChI is InChI=1S/C31H38ClFN6O2/c1-21(8-6-7-13-41-15-14-40-2)25(18-34)22-16-29-30(37-24-9-4-3-5-10-24)26(19-36-39(29)20-22)31(35)38-28-17-23(33)11-12-27(28)32/h6,8,11-12,16-20,24,34,37H,3-5,7,9-10,13-15H2,1-2H3,(H2,35,38)/b8-6+,25-21+,34-18?. The van der Waals surface area contributed by atoms with Gasteiger partial charge in [0.25, 0.3) is 0 Å². The molecule has 0 aliphatic heterocycles. The first kappa shape index (κ1) is 30.4. The van der Waals surface area contributed by atoms with Crippen molar-refractivity contribution in [2.75, 3.05) is 32.2 Å². The normalized spacial score (nSPS) is 15.5. The molecule has 1 fully saturated rings. The summed E-state index contributed by atoms with van der Waals surface area (Å²) in [6.45, 7) is 3.74. The molecule has 41 heavy (non-hydrogen) atoms. The molecule has 2 aromatic heterocycles. The van der Waals surface area contributed by atoms with Gasteiger partial charge in [0.1, 0.15) is 11.7 Å². The number of anilines is 1. The largest absolute Gasteiger partial charge is 0.383 e. The van der Waals surface area contributed by atoms with Crippen molar-refractivity contribution in [2.24, 2.45) is 10.7 Å². The molecular weight excluding hydrogens is 543 g/mol. The van der Waals surface area contributed by atoms with Gasteiger partial charge >= 0.3 is 0 Å². The Morgan fingerprint density at radius 2 is 2.05 bits per heavy atom. The van der Waals surface area contributed by atoms with Crippen LogP contribution in [0.3, 0.4) is 0 Å². The van der Waals surface area contributed by atoms with Crippen LogP contribution in [0.5, 0.6) is 0 Å². The van der Waals surface area contributed by atoms with Crippen molar-refractivity contribution in [2.45, 2.75) is 51.5 Å². The molecule has 1 aliphatic rings. The number of hydrogen-bond acceptors (Lipinski definition) is 6. The Morgan fingerprint density at radius 3 is 2.80 bits per heavy atom. The van der Waals surface area contributed by atoms with E-state index in [0.717, 1.165) is 60.0 Å². The molecule has 0 amide bonds. The lowest BCUT2D eigenvalue weighted by Crippen LogP contribution is -2.25. The van der Waals surface area contributed by atoms with Gasteiger partial charge in [-0.15, -0.1) is 0 Å². The number of fused-ring (bicyclic) bond motifs is 1. The quantitative estimate of drug-likeness (QED) is 0.0877. The maximum atomic E-state index is 13.9. The van der Waals surface area contributed by atoms with Crippen molar-refractivity contribution in [1.82, 2.24) is 9.61 Å². The number of ether oxygens (including phenoxy) is 2. The van der Waals surface area contributed by atoms with E-state index in [4.69, 9.17) is 32.2 Å². The number of methoxy groups -OCH3 is 1. The fourth-order valence-corrected chi connectivity index (χ4v) is 5.09. The summed E-state index contributed by atoms with van der Waals surface area (Å²) in [6.07, 6.45) is 15.4. The van der Waals surface area contributed by atoms with Gasteiger partial charge in [0.05, 0.1) is 53.5 Å². The van der Waals surface area contributed by atoms with Gasteiger partial charge in [-0.2, -0.15) is 5.10 Å². The number of aliphatic imine (C=N–C) groups is 1. The zero-order valence-electron chi connectivity index (χ0n) is 23.6. The first-order valence-electron chi connectivity index (χ1n) is 13.9. The van der Waals surface area contributed by atoms with Gasteiger partial charge in [-0.05, 0) is 50.0 Å². The highest BCUT2D eigenvalue weighted by Crippen LogP contribution is 2.32. The second kappa shape index (κ2) is 14.9. The van der Waals surface area contributed by atoms with Crippen LogP contribution in [0.25, 0.3) is 11.1 Å². The second-order valence-electron chi connectivity index (χ2n) is 10.1. The predicted octanol–water partition coefficient (Wildman–Crippen LogP) is 6.94. The van der Waals surface area contributed by atoms with Gasteiger partial charge < -0.3 is 25.9 Å². The van der Waals surface area contributed by atoms with Crippen LogP contribution in [0.4, 0.5) is 15.8 Å². The minimum Gasteiger partial charge on any atom is -0.383 e. The summed E-state index contributed by atoms with van der Waals surface area (Å²) in [4.78, 5) is 4.46. The average molecular weight is 581 g/mol. The Labute approximate surface area is 245 Å². The van der Waals surface area contributed by atoms with Gasteiger partial charge in [0, 0.05) is 42.8 Å². The lowest BCUT2D eigenvalue weighted by molar-refractivity contribution is 0.0730. The smallest absolute Gasteiger partial charge is 0.135 e. The molecule has 0 spiro atoms. The fourth-order valence-electron chi connectivity index (χ4n) is 4.93. The van der Waals surface area contributed by atoms with Crippen LogP contribution in [-0.2, 0) is 9.47 Å². The molecule has 3 aromatic rings. The van der Waals surface area contributed by atoms with E-state index in [0.29, 0.717) is 30.4 Å². The zero-order valence-corrected chi connectivity index (χ0v) is 24.4. The summed E-state index contributed by atoms with van der Waals surface area (Å²) in [5.41, 5.74) is 11.6. The second-order valence-corrected chi connectivity index (χ2v) is 10.5. The Hall–Kier alpha value is -3.53. The molecule has 8 nitrogen and oxygen atoms in total. The third-order valence-corrected chi connectivity index (χ3v) is 7.44. The van der Waals surface area contributed by atoms with Crippen LogP contribution in [0.2, 0.25) is 5.02 Å². The summed E-state index contributed by atoms with van der Waals surface area (Å²) >= 11 is 6.27. The Kier molecular flexibility index (Phi) is 11.1. The molecule has 0 unspecified atom stereocenters. The van der Waals surface area contributed by atoms with Crippen molar-refractivity contribution in [1.29, 1.82) is 5.41 Å². The van der Waals surface area contributed by atoms with Crippen LogP contribution >= 0.6 is 11.6 Å². The third kappa shape index (κ3) is 8.03. The molecule has 4 N–H and O–H groups in total. The third-order valence-electron chi connectivity index (χ3n) is 7.12. The summed E-state index contributed by atoms with van der Waals surface area (Å²) in [5, 5.41) is 16.8. The van der Waals surface area contributed by atoms with Crippen molar-refractivity contribution in [3.05, 3.63) is 76.4 Å². The van der Waals surface area contributed by atoms with Gasteiger partial charge in [-0.3, -0.25) is 0 Å². The van der Waals surface area contributed by atoms with Gasteiger partial charge in [-0.25, -0.2) is 13.9 Å². The molecular formula is C31H38ClFN6O2. The SMILES string of the molecule is COCCOCC/C=C/C(C)=C(\C=N)c1cc2c(NC3CCCCC3)c(C(N)=Nc3cc(F)ccc3Cl)cnn2c1. The molecule has 1 aromatic carbocycles. The molecule has 4 rings (SSSR count). The van der Waals surface area contributed by atoms with Crippen molar-refractivity contribution in [3.8, 4) is 0 Å². The van der Waals surface area contributed by atoms with E-state index in [2.05, 4.69) is 15.4 Å². The number of nitrogens with one attached hydrogen (secondary N) is 2. The summed E-state index contributed by atoms with van der Waals surface area (Å²) in [5.74, 6) is -0.261. The Balaban J connectivity index is 1.70. The first-order valence-corrected chi connectivity index (χ1v) is 14.3. The van der Waals surface area contributed by atoms with Crippen LogP contribution in [0, 0.1) is 11.2 Å². The van der Waals surface area contributed by atoms with Crippen LogP contribution in [0.1, 0.15) is 56.6 Å². The first-order chi connectivity index (χ1) is 19.9. The van der Waals surface area contributed by atoms with Crippen LogP contribution in [-0.4, -0.2) is 54.6 Å². The van der Waals surface area contributed by atoms with E-state index in [1.165, 1.54) is 30.8 Å². The highest BCUT2D eigenvalue weighted by Gasteiger charge is 2.20. The lowest BCUT2D eigenvalue weighted by Gasteiger charge is -2.25. The number of benzene rings is 1. The number of aromatic nitrogens is 2. The number of nitrogens with two attached hydrogens (primary N) is 1. The minimum absolute atomic E-state index is 0.184. The van der Waals surface area contributed by atoms with E-state index in [1.807, 2.05) is 31.3 Å².